The van der Waals surface area contributed by atoms with Crippen molar-refractivity contribution in [2.24, 2.45) is 5.10 Å². The molecule has 6 heteroatoms. The van der Waals surface area contributed by atoms with Gasteiger partial charge in [0.05, 0.1) is 6.21 Å². The number of nitrogens with one attached hydrogen (secondary N) is 1. The highest BCUT2D eigenvalue weighted by Gasteiger charge is 2.02. The van der Waals surface area contributed by atoms with Crippen molar-refractivity contribution in [1.29, 1.82) is 0 Å². The molecular formula is C11H14N6. The zero-order chi connectivity index (χ0) is 12.3. The molecular weight excluding hydrogens is 216 g/mol. The van der Waals surface area contributed by atoms with Gasteiger partial charge in [-0.1, -0.05) is 29.8 Å². The molecule has 88 valence electrons. The van der Waals surface area contributed by atoms with E-state index in [2.05, 4.69) is 20.7 Å². The van der Waals surface area contributed by atoms with Gasteiger partial charge < -0.3 is 5.84 Å². The number of benzene rings is 1. The van der Waals surface area contributed by atoms with Crippen LogP contribution in [0.2, 0.25) is 0 Å². The third-order valence-electron chi connectivity index (χ3n) is 2.32. The number of rotatable bonds is 3. The van der Waals surface area contributed by atoms with E-state index in [1.807, 2.05) is 31.2 Å². The first-order chi connectivity index (χ1) is 8.16. The quantitative estimate of drug-likeness (QED) is 0.469. The molecule has 0 aliphatic rings. The molecule has 0 unspecified atom stereocenters. The largest absolute Gasteiger partial charge is 0.335 e. The lowest BCUT2D eigenvalue weighted by Gasteiger charge is -1.99. The van der Waals surface area contributed by atoms with Gasteiger partial charge in [0.1, 0.15) is 0 Å². The fraction of sp³-hybridized carbons (Fsp3) is 0.182. The average molecular weight is 230 g/mol. The van der Waals surface area contributed by atoms with Crippen molar-refractivity contribution in [2.75, 3.05) is 11.3 Å². The average Bonchev–Trinajstić information content (AvgIpc) is 2.64. The van der Waals surface area contributed by atoms with E-state index in [1.165, 1.54) is 10.2 Å². The first-order valence-corrected chi connectivity index (χ1v) is 5.19. The van der Waals surface area contributed by atoms with Crippen LogP contribution >= 0.6 is 0 Å². The fourth-order valence-electron chi connectivity index (χ4n) is 1.26. The molecule has 1 aromatic carbocycles. The zero-order valence-electron chi connectivity index (χ0n) is 9.75. The Morgan fingerprint density at radius 1 is 1.24 bits per heavy atom. The number of nitrogens with two attached hydrogens (primary N) is 1. The van der Waals surface area contributed by atoms with Crippen LogP contribution in [0.4, 0.5) is 5.95 Å². The summed E-state index contributed by atoms with van der Waals surface area (Å²) < 4.78 is 1.34. The van der Waals surface area contributed by atoms with Crippen LogP contribution in [0, 0.1) is 13.8 Å². The minimum Gasteiger partial charge on any atom is -0.335 e. The third-order valence-corrected chi connectivity index (χ3v) is 2.32. The highest BCUT2D eigenvalue weighted by molar-refractivity contribution is 5.80. The van der Waals surface area contributed by atoms with Crippen molar-refractivity contribution in [3.63, 3.8) is 0 Å². The summed E-state index contributed by atoms with van der Waals surface area (Å²) in [5.41, 5.74) is 4.95. The van der Waals surface area contributed by atoms with Gasteiger partial charge in [0, 0.05) is 0 Å². The maximum absolute atomic E-state index is 5.66. The van der Waals surface area contributed by atoms with Crippen molar-refractivity contribution in [3.05, 3.63) is 41.2 Å². The second-order valence-electron chi connectivity index (χ2n) is 3.72. The summed E-state index contributed by atoms with van der Waals surface area (Å²) in [5.74, 6) is 6.69. The number of hydrogen-bond donors (Lipinski definition) is 2. The van der Waals surface area contributed by atoms with Crippen molar-refractivity contribution >= 4 is 12.2 Å². The summed E-state index contributed by atoms with van der Waals surface area (Å²) >= 11 is 0. The zero-order valence-corrected chi connectivity index (χ0v) is 9.75. The molecule has 2 aromatic rings. The molecule has 0 aliphatic carbocycles. The first-order valence-electron chi connectivity index (χ1n) is 5.19. The van der Waals surface area contributed by atoms with Crippen LogP contribution in [0.15, 0.2) is 29.4 Å². The van der Waals surface area contributed by atoms with E-state index in [0.717, 1.165) is 5.56 Å². The topological polar surface area (TPSA) is 81.1 Å². The molecule has 0 saturated carbocycles. The highest BCUT2D eigenvalue weighted by atomic mass is 15.5. The molecule has 6 nitrogen and oxygen atoms in total. The van der Waals surface area contributed by atoms with E-state index in [-0.39, 0.29) is 0 Å². The molecule has 0 amide bonds. The van der Waals surface area contributed by atoms with Gasteiger partial charge in [0.15, 0.2) is 5.82 Å². The number of aryl methyl sites for hydroxylation is 2. The number of nitrogens with zero attached hydrogens (tertiary/aromatic N) is 4. The van der Waals surface area contributed by atoms with E-state index in [9.17, 15) is 0 Å². The van der Waals surface area contributed by atoms with Gasteiger partial charge in [0.2, 0.25) is 0 Å². The molecule has 0 aliphatic heterocycles. The second-order valence-corrected chi connectivity index (χ2v) is 3.72. The van der Waals surface area contributed by atoms with Gasteiger partial charge in [-0.3, -0.25) is 0 Å². The molecule has 0 atom stereocenters. The SMILES string of the molecule is Cc1ccc(/C=N/Nc2nnc(C)n2N)cc1. The highest BCUT2D eigenvalue weighted by Crippen LogP contribution is 2.02. The minimum absolute atomic E-state index is 0.408. The van der Waals surface area contributed by atoms with Crippen LogP contribution in [0.1, 0.15) is 17.0 Å². The van der Waals surface area contributed by atoms with Crippen LogP contribution in [0.25, 0.3) is 0 Å². The van der Waals surface area contributed by atoms with Crippen LogP contribution < -0.4 is 11.3 Å². The van der Waals surface area contributed by atoms with Crippen molar-refractivity contribution in [2.45, 2.75) is 13.8 Å². The second kappa shape index (κ2) is 4.65. The van der Waals surface area contributed by atoms with E-state index in [4.69, 9.17) is 5.84 Å². The Bertz CT molecular complexity index is 525. The number of hydrogen-bond acceptors (Lipinski definition) is 5. The molecule has 0 radical (unpaired) electrons. The number of hydrazone groups is 1. The Labute approximate surface area is 99.1 Å². The van der Waals surface area contributed by atoms with Crippen LogP contribution in [-0.2, 0) is 0 Å². The van der Waals surface area contributed by atoms with E-state index in [1.54, 1.807) is 13.1 Å². The normalized spacial score (nSPS) is 10.9. The Kier molecular flexibility index (Phi) is 3.04. The van der Waals surface area contributed by atoms with Crippen LogP contribution in [0.5, 0.6) is 0 Å². The summed E-state index contributed by atoms with van der Waals surface area (Å²) in [7, 11) is 0. The molecule has 0 fully saturated rings. The fourth-order valence-corrected chi connectivity index (χ4v) is 1.26. The van der Waals surface area contributed by atoms with Crippen molar-refractivity contribution in [1.82, 2.24) is 14.9 Å². The summed E-state index contributed by atoms with van der Waals surface area (Å²) in [5, 5.41) is 11.7. The molecule has 0 bridgehead atoms. The number of nitrogen functional groups attached to an aromatic ring is 1. The van der Waals surface area contributed by atoms with Crippen molar-refractivity contribution < 1.29 is 0 Å². The van der Waals surface area contributed by atoms with E-state index >= 15 is 0 Å². The van der Waals surface area contributed by atoms with Gasteiger partial charge >= 0.3 is 0 Å². The molecule has 3 N–H and O–H groups in total. The van der Waals surface area contributed by atoms with Gasteiger partial charge in [-0.25, -0.2) is 10.1 Å². The molecule has 0 spiro atoms. The van der Waals surface area contributed by atoms with Gasteiger partial charge in [0.25, 0.3) is 5.95 Å². The van der Waals surface area contributed by atoms with Crippen LogP contribution in [-0.4, -0.2) is 21.1 Å². The van der Waals surface area contributed by atoms with Gasteiger partial charge in [-0.05, 0) is 19.4 Å². The van der Waals surface area contributed by atoms with Gasteiger partial charge in [-0.15, -0.1) is 10.2 Å². The molecule has 2 rings (SSSR count). The summed E-state index contributed by atoms with van der Waals surface area (Å²) in [6.07, 6.45) is 1.70. The Balaban J connectivity index is 2.03. The Morgan fingerprint density at radius 3 is 2.53 bits per heavy atom. The minimum atomic E-state index is 0.408. The van der Waals surface area contributed by atoms with E-state index < -0.39 is 0 Å². The maximum Gasteiger partial charge on any atom is 0.263 e. The lowest BCUT2D eigenvalue weighted by atomic mass is 10.2. The molecule has 1 aromatic heterocycles. The summed E-state index contributed by atoms with van der Waals surface area (Å²) in [6, 6.07) is 8.02. The van der Waals surface area contributed by atoms with Gasteiger partial charge in [-0.2, -0.15) is 5.10 Å². The number of anilines is 1. The third kappa shape index (κ3) is 2.60. The summed E-state index contributed by atoms with van der Waals surface area (Å²) in [6.45, 7) is 3.81. The molecule has 17 heavy (non-hydrogen) atoms. The lowest BCUT2D eigenvalue weighted by Crippen LogP contribution is -2.13. The maximum atomic E-state index is 5.66. The van der Waals surface area contributed by atoms with Crippen LogP contribution in [0.3, 0.4) is 0 Å². The predicted octanol–water partition coefficient (Wildman–Crippen LogP) is 1.05. The standard InChI is InChI=1S/C11H14N6/c1-8-3-5-10(6-4-8)7-13-15-11-16-14-9(2)17(11)12/h3-7H,12H2,1-2H3,(H,15,16)/b13-7+. The lowest BCUT2D eigenvalue weighted by molar-refractivity contribution is 0.926. The van der Waals surface area contributed by atoms with Crippen molar-refractivity contribution in [3.8, 4) is 0 Å². The molecule has 0 saturated heterocycles. The molecule has 1 heterocycles. The Morgan fingerprint density at radius 2 is 1.94 bits per heavy atom. The summed E-state index contributed by atoms with van der Waals surface area (Å²) in [4.78, 5) is 0. The predicted molar refractivity (Wildman–Crippen MR) is 67.3 cm³/mol. The smallest absolute Gasteiger partial charge is 0.263 e. The Hall–Kier alpha value is -2.37. The monoisotopic (exact) mass is 230 g/mol. The number of aromatic nitrogens is 3. The first kappa shape index (κ1) is 11.1. The van der Waals surface area contributed by atoms with E-state index in [0.29, 0.717) is 11.8 Å².